The average molecular weight is 413 g/mol. The van der Waals surface area contributed by atoms with Crippen LogP contribution in [0.1, 0.15) is 5.56 Å². The lowest BCUT2D eigenvalue weighted by molar-refractivity contribution is -0.143. The number of carbonyl (C=O) groups is 2. The van der Waals surface area contributed by atoms with E-state index < -0.39 is 18.5 Å². The van der Waals surface area contributed by atoms with Gasteiger partial charge in [-0.15, -0.1) is 0 Å². The number of amides is 1. The standard InChI is InChI=1S/C22H23NO7/c1-26-16-9-15(10-17(11-16)27-2)7-8-22(25)29-14-21(24)23-12-18-13-28-19-5-3-4-6-20(19)30-18/h3-11,18H,12-14H2,1-2H3,(H,23,24)/b8-7+/t18-/m1/s1. The molecule has 0 bridgehead atoms. The van der Waals surface area contributed by atoms with Gasteiger partial charge >= 0.3 is 5.97 Å². The predicted molar refractivity (Wildman–Crippen MR) is 109 cm³/mol. The zero-order valence-electron chi connectivity index (χ0n) is 16.8. The molecule has 1 atom stereocenters. The second-order valence-corrected chi connectivity index (χ2v) is 6.39. The van der Waals surface area contributed by atoms with Crippen molar-refractivity contribution in [2.24, 2.45) is 0 Å². The van der Waals surface area contributed by atoms with Crippen LogP contribution in [0.25, 0.3) is 6.08 Å². The van der Waals surface area contributed by atoms with Crippen LogP contribution in [-0.2, 0) is 14.3 Å². The van der Waals surface area contributed by atoms with Crippen molar-refractivity contribution in [3.05, 3.63) is 54.1 Å². The van der Waals surface area contributed by atoms with E-state index in [4.69, 9.17) is 23.7 Å². The Morgan fingerprint density at radius 2 is 1.80 bits per heavy atom. The Morgan fingerprint density at radius 3 is 2.50 bits per heavy atom. The van der Waals surface area contributed by atoms with Gasteiger partial charge in [-0.2, -0.15) is 0 Å². The summed E-state index contributed by atoms with van der Waals surface area (Å²) in [5, 5.41) is 2.66. The van der Waals surface area contributed by atoms with Crippen molar-refractivity contribution in [1.29, 1.82) is 0 Å². The maximum Gasteiger partial charge on any atom is 0.331 e. The van der Waals surface area contributed by atoms with Crippen molar-refractivity contribution in [1.82, 2.24) is 5.32 Å². The third kappa shape index (κ3) is 5.91. The minimum absolute atomic E-state index is 0.240. The number of esters is 1. The van der Waals surface area contributed by atoms with Gasteiger partial charge in [-0.05, 0) is 35.9 Å². The summed E-state index contributed by atoms with van der Waals surface area (Å²) in [7, 11) is 3.08. The van der Waals surface area contributed by atoms with Crippen LogP contribution in [0.5, 0.6) is 23.0 Å². The molecule has 0 aliphatic carbocycles. The normalized spacial score (nSPS) is 14.8. The van der Waals surface area contributed by atoms with Crippen LogP contribution >= 0.6 is 0 Å². The second-order valence-electron chi connectivity index (χ2n) is 6.39. The number of para-hydroxylation sites is 2. The largest absolute Gasteiger partial charge is 0.497 e. The topological polar surface area (TPSA) is 92.3 Å². The number of ether oxygens (including phenoxy) is 5. The summed E-state index contributed by atoms with van der Waals surface area (Å²) in [6, 6.07) is 12.5. The minimum atomic E-state index is -0.641. The molecule has 0 aromatic heterocycles. The molecule has 8 nitrogen and oxygen atoms in total. The molecule has 0 fully saturated rings. The Labute approximate surface area is 174 Å². The smallest absolute Gasteiger partial charge is 0.331 e. The van der Waals surface area contributed by atoms with Gasteiger partial charge in [-0.25, -0.2) is 4.79 Å². The number of carbonyl (C=O) groups excluding carboxylic acids is 2. The van der Waals surface area contributed by atoms with Crippen molar-refractivity contribution < 1.29 is 33.3 Å². The van der Waals surface area contributed by atoms with Gasteiger partial charge in [0, 0.05) is 12.1 Å². The summed E-state index contributed by atoms with van der Waals surface area (Å²) in [6.07, 6.45) is 2.47. The van der Waals surface area contributed by atoms with Crippen LogP contribution in [0.15, 0.2) is 48.5 Å². The highest BCUT2D eigenvalue weighted by Gasteiger charge is 2.21. The van der Waals surface area contributed by atoms with E-state index in [1.807, 2.05) is 18.2 Å². The number of methoxy groups -OCH3 is 2. The molecule has 30 heavy (non-hydrogen) atoms. The van der Waals surface area contributed by atoms with Crippen LogP contribution in [0, 0.1) is 0 Å². The Bertz CT molecular complexity index is 903. The van der Waals surface area contributed by atoms with Gasteiger partial charge in [-0.3, -0.25) is 4.79 Å². The van der Waals surface area contributed by atoms with Gasteiger partial charge in [0.25, 0.3) is 5.91 Å². The highest BCUT2D eigenvalue weighted by Crippen LogP contribution is 2.30. The van der Waals surface area contributed by atoms with Gasteiger partial charge in [-0.1, -0.05) is 12.1 Å². The van der Waals surface area contributed by atoms with E-state index in [1.165, 1.54) is 6.08 Å². The van der Waals surface area contributed by atoms with Crippen LogP contribution in [0.3, 0.4) is 0 Å². The van der Waals surface area contributed by atoms with Crippen molar-refractivity contribution in [3.63, 3.8) is 0 Å². The molecule has 3 rings (SSSR count). The molecule has 1 aliphatic rings. The number of nitrogens with one attached hydrogen (secondary N) is 1. The fraction of sp³-hybridized carbons (Fsp3) is 0.273. The van der Waals surface area contributed by atoms with Gasteiger partial charge in [0.1, 0.15) is 24.2 Å². The summed E-state index contributed by atoms with van der Waals surface area (Å²) in [6.45, 7) is 0.169. The molecule has 0 spiro atoms. The molecule has 0 radical (unpaired) electrons. The first-order valence-electron chi connectivity index (χ1n) is 9.30. The molecule has 2 aromatic rings. The lowest BCUT2D eigenvalue weighted by atomic mass is 10.2. The van der Waals surface area contributed by atoms with Crippen LogP contribution in [-0.4, -0.2) is 52.0 Å². The average Bonchev–Trinajstić information content (AvgIpc) is 2.79. The van der Waals surface area contributed by atoms with Crippen LogP contribution in [0.2, 0.25) is 0 Å². The molecule has 2 aromatic carbocycles. The van der Waals surface area contributed by atoms with Crippen LogP contribution < -0.4 is 24.3 Å². The highest BCUT2D eigenvalue weighted by atomic mass is 16.6. The first kappa shape index (κ1) is 21.0. The maximum absolute atomic E-state index is 11.9. The highest BCUT2D eigenvalue weighted by molar-refractivity contribution is 5.89. The Balaban J connectivity index is 1.41. The summed E-state index contributed by atoms with van der Waals surface area (Å²) in [5.41, 5.74) is 0.697. The minimum Gasteiger partial charge on any atom is -0.497 e. The first-order valence-corrected chi connectivity index (χ1v) is 9.30. The predicted octanol–water partition coefficient (Wildman–Crippen LogP) is 2.22. The molecule has 0 saturated carbocycles. The van der Waals surface area contributed by atoms with Gasteiger partial charge in [0.05, 0.1) is 20.8 Å². The summed E-state index contributed by atoms with van der Waals surface area (Å²) in [5.74, 6) is 1.43. The Kier molecular flexibility index (Phi) is 7.15. The van der Waals surface area contributed by atoms with E-state index in [0.29, 0.717) is 35.2 Å². The molecule has 1 heterocycles. The Hall–Kier alpha value is -3.68. The fourth-order valence-electron chi connectivity index (χ4n) is 2.72. The van der Waals surface area contributed by atoms with Crippen molar-refractivity contribution in [2.75, 3.05) is 34.0 Å². The van der Waals surface area contributed by atoms with Gasteiger partial charge < -0.3 is 29.0 Å². The molecule has 8 heteroatoms. The summed E-state index contributed by atoms with van der Waals surface area (Å²) in [4.78, 5) is 23.8. The molecule has 1 aliphatic heterocycles. The third-order valence-corrected chi connectivity index (χ3v) is 4.23. The van der Waals surface area contributed by atoms with E-state index in [-0.39, 0.29) is 12.6 Å². The number of hydrogen-bond acceptors (Lipinski definition) is 7. The lowest BCUT2D eigenvalue weighted by Gasteiger charge is -2.26. The van der Waals surface area contributed by atoms with E-state index in [9.17, 15) is 9.59 Å². The Morgan fingerprint density at radius 1 is 1.10 bits per heavy atom. The van der Waals surface area contributed by atoms with Gasteiger partial charge in [0.2, 0.25) is 0 Å². The first-order chi connectivity index (χ1) is 14.6. The van der Waals surface area contributed by atoms with E-state index in [1.54, 1.807) is 44.6 Å². The number of fused-ring (bicyclic) bond motifs is 1. The number of benzene rings is 2. The maximum atomic E-state index is 11.9. The molecular weight excluding hydrogens is 390 g/mol. The second kappa shape index (κ2) is 10.2. The lowest BCUT2D eigenvalue weighted by Crippen LogP contribution is -2.42. The zero-order valence-corrected chi connectivity index (χ0v) is 16.8. The van der Waals surface area contributed by atoms with Crippen molar-refractivity contribution in [2.45, 2.75) is 6.10 Å². The van der Waals surface area contributed by atoms with Gasteiger partial charge in [0.15, 0.2) is 18.1 Å². The van der Waals surface area contributed by atoms with Crippen molar-refractivity contribution in [3.8, 4) is 23.0 Å². The quantitative estimate of drug-likeness (QED) is 0.524. The molecule has 0 unspecified atom stereocenters. The molecule has 1 amide bonds. The summed E-state index contributed by atoms with van der Waals surface area (Å²) < 4.78 is 26.7. The molecular formula is C22H23NO7. The fourth-order valence-corrected chi connectivity index (χ4v) is 2.72. The molecule has 0 saturated heterocycles. The van der Waals surface area contributed by atoms with E-state index >= 15 is 0 Å². The van der Waals surface area contributed by atoms with E-state index in [2.05, 4.69) is 5.32 Å². The summed E-state index contributed by atoms with van der Waals surface area (Å²) >= 11 is 0. The van der Waals surface area contributed by atoms with E-state index in [0.717, 1.165) is 0 Å². The zero-order chi connectivity index (χ0) is 21.3. The van der Waals surface area contributed by atoms with Crippen LogP contribution in [0.4, 0.5) is 0 Å². The molecule has 158 valence electrons. The third-order valence-electron chi connectivity index (χ3n) is 4.23. The number of hydrogen-bond donors (Lipinski definition) is 1. The van der Waals surface area contributed by atoms with Crippen molar-refractivity contribution >= 4 is 18.0 Å². The monoisotopic (exact) mass is 413 g/mol. The molecule has 1 N–H and O–H groups in total. The SMILES string of the molecule is COc1cc(/C=C/C(=O)OCC(=O)NC[C@@H]2COc3ccccc3O2)cc(OC)c1. The number of rotatable bonds is 8.